The maximum Gasteiger partial charge on any atom is 0.265 e. The maximum atomic E-state index is 10.6. The molecule has 0 aromatic carbocycles. The molecule has 1 rings (SSSR count). The number of aromatic nitrogens is 1. The molecule has 1 aromatic heterocycles. The molecule has 0 bridgehead atoms. The van der Waals surface area contributed by atoms with Gasteiger partial charge in [0.1, 0.15) is 5.69 Å². The Labute approximate surface area is 65.6 Å². The summed E-state index contributed by atoms with van der Waals surface area (Å²) in [5.41, 5.74) is 6.65. The minimum atomic E-state index is -0.406. The van der Waals surface area contributed by atoms with Crippen LogP contribution in [-0.2, 0) is 0 Å². The fourth-order valence-corrected chi connectivity index (χ4v) is 0.887. The zero-order chi connectivity index (χ0) is 8.43. The van der Waals surface area contributed by atoms with Gasteiger partial charge in [0.2, 0.25) is 0 Å². The molecular weight excluding hydrogens is 140 g/mol. The average molecular weight is 152 g/mol. The number of carbonyl (C=O) groups excluding carboxylic acids is 1. The van der Waals surface area contributed by atoms with Gasteiger partial charge in [0.15, 0.2) is 0 Å². The number of carbonyl (C=O) groups is 1. The Morgan fingerprint density at radius 1 is 1.64 bits per heavy atom. The summed E-state index contributed by atoms with van der Waals surface area (Å²) in [6.45, 7) is 4.13. The number of rotatable bonds is 2. The number of hydrogen-bond acceptors (Lipinski definition) is 1. The second-order valence-corrected chi connectivity index (χ2v) is 2.87. The lowest BCUT2D eigenvalue weighted by Gasteiger charge is -1.96. The van der Waals surface area contributed by atoms with E-state index in [1.165, 1.54) is 0 Å². The van der Waals surface area contributed by atoms with Crippen LogP contribution >= 0.6 is 0 Å². The van der Waals surface area contributed by atoms with E-state index in [1.54, 1.807) is 6.07 Å². The fourth-order valence-electron chi connectivity index (χ4n) is 0.887. The van der Waals surface area contributed by atoms with E-state index in [0.29, 0.717) is 11.6 Å². The van der Waals surface area contributed by atoms with Crippen LogP contribution in [0.5, 0.6) is 0 Å². The largest absolute Gasteiger partial charge is 0.364 e. The predicted molar refractivity (Wildman–Crippen MR) is 43.4 cm³/mol. The molecule has 0 saturated heterocycles. The predicted octanol–water partition coefficient (Wildman–Crippen LogP) is 1.24. The normalized spacial score (nSPS) is 10.5. The van der Waals surface area contributed by atoms with E-state index in [4.69, 9.17) is 5.73 Å². The molecule has 0 aliphatic rings. The molecular formula is C8H12N2O. The summed E-state index contributed by atoms with van der Waals surface area (Å²) in [6, 6.07) is 1.78. The summed E-state index contributed by atoms with van der Waals surface area (Å²) in [5, 5.41) is 0. The van der Waals surface area contributed by atoms with Crippen molar-refractivity contribution in [3.8, 4) is 0 Å². The van der Waals surface area contributed by atoms with Crippen molar-refractivity contribution in [3.63, 3.8) is 0 Å². The Hall–Kier alpha value is -1.25. The van der Waals surface area contributed by atoms with E-state index < -0.39 is 5.91 Å². The number of nitrogens with one attached hydrogen (secondary N) is 1. The molecule has 0 radical (unpaired) electrons. The van der Waals surface area contributed by atoms with Crippen LogP contribution in [0.4, 0.5) is 0 Å². The van der Waals surface area contributed by atoms with Gasteiger partial charge in [-0.1, -0.05) is 13.8 Å². The van der Waals surface area contributed by atoms with Crippen molar-refractivity contribution in [2.45, 2.75) is 19.8 Å². The standard InChI is InChI=1S/C8H12N2O/c1-5(2)6-3-7(8(9)11)10-4-6/h3-5,10H,1-2H3,(H2,9,11). The van der Waals surface area contributed by atoms with Crippen LogP contribution < -0.4 is 5.73 Å². The smallest absolute Gasteiger partial charge is 0.265 e. The zero-order valence-corrected chi connectivity index (χ0v) is 6.72. The molecule has 60 valence electrons. The Kier molecular flexibility index (Phi) is 1.98. The topological polar surface area (TPSA) is 58.9 Å². The summed E-state index contributed by atoms with van der Waals surface area (Å²) < 4.78 is 0. The number of hydrogen-bond donors (Lipinski definition) is 2. The molecule has 1 heterocycles. The van der Waals surface area contributed by atoms with E-state index >= 15 is 0 Å². The van der Waals surface area contributed by atoms with E-state index in [1.807, 2.05) is 6.20 Å². The van der Waals surface area contributed by atoms with E-state index in [-0.39, 0.29) is 0 Å². The SMILES string of the molecule is CC(C)c1c[nH]c(C(N)=O)c1. The summed E-state index contributed by atoms with van der Waals surface area (Å²) in [4.78, 5) is 13.4. The van der Waals surface area contributed by atoms with Crippen molar-refractivity contribution in [2.24, 2.45) is 5.73 Å². The molecule has 1 aromatic rings. The maximum absolute atomic E-state index is 10.6. The van der Waals surface area contributed by atoms with Gasteiger partial charge in [0.25, 0.3) is 5.91 Å². The molecule has 3 heteroatoms. The quantitative estimate of drug-likeness (QED) is 0.658. The molecule has 0 aliphatic carbocycles. The lowest BCUT2D eigenvalue weighted by Crippen LogP contribution is -2.10. The van der Waals surface area contributed by atoms with Crippen LogP contribution in [0.15, 0.2) is 12.3 Å². The zero-order valence-electron chi connectivity index (χ0n) is 6.72. The fraction of sp³-hybridized carbons (Fsp3) is 0.375. The first kappa shape index (κ1) is 7.85. The average Bonchev–Trinajstić information content (AvgIpc) is 2.33. The molecule has 0 atom stereocenters. The molecule has 0 spiro atoms. The lowest BCUT2D eigenvalue weighted by atomic mass is 10.1. The van der Waals surface area contributed by atoms with Gasteiger partial charge in [-0.15, -0.1) is 0 Å². The Morgan fingerprint density at radius 3 is 2.55 bits per heavy atom. The molecule has 3 N–H and O–H groups in total. The van der Waals surface area contributed by atoms with Crippen molar-refractivity contribution in [1.29, 1.82) is 0 Å². The summed E-state index contributed by atoms with van der Waals surface area (Å²) in [6.07, 6.45) is 1.81. The third-order valence-corrected chi connectivity index (χ3v) is 1.64. The van der Waals surface area contributed by atoms with Gasteiger partial charge in [-0.25, -0.2) is 0 Å². The molecule has 11 heavy (non-hydrogen) atoms. The highest BCUT2D eigenvalue weighted by atomic mass is 16.1. The van der Waals surface area contributed by atoms with Crippen LogP contribution in [0.25, 0.3) is 0 Å². The summed E-state index contributed by atoms with van der Waals surface area (Å²) in [5.74, 6) is 0.0243. The van der Waals surface area contributed by atoms with Crippen molar-refractivity contribution in [1.82, 2.24) is 4.98 Å². The van der Waals surface area contributed by atoms with Gasteiger partial charge in [-0.3, -0.25) is 4.79 Å². The van der Waals surface area contributed by atoms with Crippen LogP contribution in [0, 0.1) is 0 Å². The number of nitrogens with two attached hydrogens (primary N) is 1. The minimum Gasteiger partial charge on any atom is -0.364 e. The van der Waals surface area contributed by atoms with E-state index in [0.717, 1.165) is 5.56 Å². The first-order chi connectivity index (χ1) is 5.11. The number of aromatic amines is 1. The second kappa shape index (κ2) is 2.78. The lowest BCUT2D eigenvalue weighted by molar-refractivity contribution is 0.0996. The molecule has 0 aliphatic heterocycles. The van der Waals surface area contributed by atoms with Crippen LogP contribution in [0.3, 0.4) is 0 Å². The van der Waals surface area contributed by atoms with Gasteiger partial charge >= 0.3 is 0 Å². The van der Waals surface area contributed by atoms with Gasteiger partial charge in [-0.2, -0.15) is 0 Å². The Bertz CT molecular complexity index is 263. The molecule has 0 unspecified atom stereocenters. The highest BCUT2D eigenvalue weighted by molar-refractivity contribution is 5.91. The van der Waals surface area contributed by atoms with Crippen LogP contribution in [-0.4, -0.2) is 10.9 Å². The number of H-pyrrole nitrogens is 1. The Balaban J connectivity index is 2.90. The van der Waals surface area contributed by atoms with Gasteiger partial charge in [0, 0.05) is 6.20 Å². The van der Waals surface area contributed by atoms with Gasteiger partial charge in [-0.05, 0) is 17.5 Å². The van der Waals surface area contributed by atoms with Crippen molar-refractivity contribution in [3.05, 3.63) is 23.5 Å². The second-order valence-electron chi connectivity index (χ2n) is 2.87. The molecule has 1 amide bonds. The van der Waals surface area contributed by atoms with Crippen LogP contribution in [0.2, 0.25) is 0 Å². The third kappa shape index (κ3) is 1.61. The van der Waals surface area contributed by atoms with Crippen molar-refractivity contribution in [2.75, 3.05) is 0 Å². The van der Waals surface area contributed by atoms with Gasteiger partial charge < -0.3 is 10.7 Å². The number of amides is 1. The minimum absolute atomic E-state index is 0.406. The monoisotopic (exact) mass is 152 g/mol. The first-order valence-corrected chi connectivity index (χ1v) is 3.59. The van der Waals surface area contributed by atoms with Crippen molar-refractivity contribution >= 4 is 5.91 Å². The highest BCUT2D eigenvalue weighted by Gasteiger charge is 2.05. The molecule has 3 nitrogen and oxygen atoms in total. The van der Waals surface area contributed by atoms with Crippen molar-refractivity contribution < 1.29 is 4.79 Å². The third-order valence-electron chi connectivity index (χ3n) is 1.64. The van der Waals surface area contributed by atoms with Crippen LogP contribution in [0.1, 0.15) is 35.8 Å². The summed E-state index contributed by atoms with van der Waals surface area (Å²) >= 11 is 0. The van der Waals surface area contributed by atoms with Gasteiger partial charge in [0.05, 0.1) is 0 Å². The first-order valence-electron chi connectivity index (χ1n) is 3.59. The number of primary amides is 1. The molecule has 0 fully saturated rings. The summed E-state index contributed by atoms with van der Waals surface area (Å²) in [7, 11) is 0. The van der Waals surface area contributed by atoms with E-state index in [9.17, 15) is 4.79 Å². The Morgan fingerprint density at radius 2 is 2.27 bits per heavy atom. The van der Waals surface area contributed by atoms with E-state index in [2.05, 4.69) is 18.8 Å². The highest BCUT2D eigenvalue weighted by Crippen LogP contribution is 2.14. The molecule has 0 saturated carbocycles.